The molecule has 3 N–H and O–H groups in total. The van der Waals surface area contributed by atoms with Crippen LogP contribution >= 0.6 is 11.5 Å². The van der Waals surface area contributed by atoms with Crippen molar-refractivity contribution in [1.82, 2.24) is 15.0 Å². The van der Waals surface area contributed by atoms with Crippen molar-refractivity contribution in [2.45, 2.75) is 58.9 Å². The lowest BCUT2D eigenvalue weighted by Gasteiger charge is -2.36. The molecule has 0 saturated heterocycles. The highest BCUT2D eigenvalue weighted by Crippen LogP contribution is 2.41. The quantitative estimate of drug-likeness (QED) is 0.643. The Labute approximate surface area is 120 Å². The highest BCUT2D eigenvalue weighted by atomic mass is 32.1. The van der Waals surface area contributed by atoms with Gasteiger partial charge in [-0.1, -0.05) is 38.1 Å². The molecule has 0 spiro atoms. The Morgan fingerprint density at radius 1 is 1.37 bits per heavy atom. The van der Waals surface area contributed by atoms with E-state index in [2.05, 4.69) is 35.8 Å². The van der Waals surface area contributed by atoms with E-state index < -0.39 is 0 Å². The van der Waals surface area contributed by atoms with Crippen molar-refractivity contribution < 1.29 is 0 Å². The predicted molar refractivity (Wildman–Crippen MR) is 79.6 cm³/mol. The summed E-state index contributed by atoms with van der Waals surface area (Å²) in [5.74, 6) is 8.08. The van der Waals surface area contributed by atoms with Gasteiger partial charge in [0.05, 0.1) is 16.6 Å². The Morgan fingerprint density at radius 3 is 2.79 bits per heavy atom. The van der Waals surface area contributed by atoms with Gasteiger partial charge in [-0.25, -0.2) is 0 Å². The number of hydrazine groups is 1. The van der Waals surface area contributed by atoms with Crippen LogP contribution in [0, 0.1) is 17.8 Å². The molecule has 1 saturated carbocycles. The maximum atomic E-state index is 5.84. The Hall–Kier alpha value is -0.520. The zero-order chi connectivity index (χ0) is 13.8. The lowest BCUT2D eigenvalue weighted by atomic mass is 9.73. The van der Waals surface area contributed by atoms with Crippen LogP contribution in [0.15, 0.2) is 0 Å². The lowest BCUT2D eigenvalue weighted by molar-refractivity contribution is 0.172. The molecule has 0 amide bonds. The normalized spacial score (nSPS) is 29.4. The number of nitrogens with zero attached hydrogens (tertiary/aromatic N) is 2. The van der Waals surface area contributed by atoms with Crippen LogP contribution in [0.3, 0.4) is 0 Å². The molecule has 1 aromatic heterocycles. The first kappa shape index (κ1) is 14.9. The van der Waals surface area contributed by atoms with Crippen LogP contribution in [0.5, 0.6) is 0 Å². The SMILES string of the molecule is CCCc1nnsc1C(NN)C1CCC(C)C(C)C1. The standard InChI is InChI=1S/C14H26N4S/c1-4-5-12-14(19-18-17-12)13(16-15)11-7-6-9(2)10(3)8-11/h9-11,13,16H,4-8,15H2,1-3H3. The summed E-state index contributed by atoms with van der Waals surface area (Å²) in [6.45, 7) is 6.91. The third kappa shape index (κ3) is 3.33. The van der Waals surface area contributed by atoms with E-state index in [0.29, 0.717) is 5.92 Å². The van der Waals surface area contributed by atoms with Crippen LogP contribution in [-0.4, -0.2) is 9.59 Å². The largest absolute Gasteiger partial charge is 0.271 e. The molecule has 4 unspecified atom stereocenters. The van der Waals surface area contributed by atoms with Gasteiger partial charge in [0.2, 0.25) is 0 Å². The highest BCUT2D eigenvalue weighted by molar-refractivity contribution is 7.05. The summed E-state index contributed by atoms with van der Waals surface area (Å²) in [6, 6.07) is 0.233. The van der Waals surface area contributed by atoms with E-state index in [0.717, 1.165) is 30.4 Å². The van der Waals surface area contributed by atoms with Gasteiger partial charge in [-0.3, -0.25) is 11.3 Å². The minimum absolute atomic E-state index is 0.233. The molecule has 1 fully saturated rings. The van der Waals surface area contributed by atoms with E-state index in [1.807, 2.05) is 0 Å². The molecular formula is C14H26N4S. The number of hydrogen-bond acceptors (Lipinski definition) is 5. The average molecular weight is 282 g/mol. The van der Waals surface area contributed by atoms with Gasteiger partial charge in [0.25, 0.3) is 0 Å². The Balaban J connectivity index is 2.13. The first-order valence-corrected chi connectivity index (χ1v) is 8.21. The molecule has 1 aliphatic rings. The Kier molecular flexibility index (Phi) is 5.30. The predicted octanol–water partition coefficient (Wildman–Crippen LogP) is 3.07. The number of nitrogens with two attached hydrogens (primary N) is 1. The van der Waals surface area contributed by atoms with E-state index in [1.165, 1.54) is 35.7 Å². The van der Waals surface area contributed by atoms with Gasteiger partial charge >= 0.3 is 0 Å². The summed E-state index contributed by atoms with van der Waals surface area (Å²) in [4.78, 5) is 1.26. The van der Waals surface area contributed by atoms with Crippen molar-refractivity contribution in [2.75, 3.05) is 0 Å². The molecule has 0 radical (unpaired) electrons. The van der Waals surface area contributed by atoms with Gasteiger partial charge in [0.15, 0.2) is 0 Å². The fourth-order valence-electron chi connectivity index (χ4n) is 3.18. The molecule has 19 heavy (non-hydrogen) atoms. The maximum absolute atomic E-state index is 5.84. The molecule has 0 bridgehead atoms. The molecule has 5 heteroatoms. The van der Waals surface area contributed by atoms with Gasteiger partial charge in [0.1, 0.15) is 0 Å². The van der Waals surface area contributed by atoms with Crippen LogP contribution < -0.4 is 11.3 Å². The van der Waals surface area contributed by atoms with Gasteiger partial charge in [-0.05, 0) is 48.5 Å². The second kappa shape index (κ2) is 6.77. The maximum Gasteiger partial charge on any atom is 0.0804 e. The van der Waals surface area contributed by atoms with Crippen molar-refractivity contribution in [2.24, 2.45) is 23.6 Å². The van der Waals surface area contributed by atoms with E-state index in [-0.39, 0.29) is 6.04 Å². The second-order valence-corrected chi connectivity index (χ2v) is 6.79. The Bertz CT molecular complexity index is 393. The van der Waals surface area contributed by atoms with Crippen molar-refractivity contribution in [3.63, 3.8) is 0 Å². The van der Waals surface area contributed by atoms with E-state index in [4.69, 9.17) is 5.84 Å². The van der Waals surface area contributed by atoms with Crippen molar-refractivity contribution in [1.29, 1.82) is 0 Å². The average Bonchev–Trinajstić information content (AvgIpc) is 2.83. The van der Waals surface area contributed by atoms with Crippen LogP contribution in [0.1, 0.15) is 63.1 Å². The van der Waals surface area contributed by atoms with Crippen molar-refractivity contribution >= 4 is 11.5 Å². The summed E-state index contributed by atoms with van der Waals surface area (Å²) in [7, 11) is 0. The first-order valence-electron chi connectivity index (χ1n) is 7.44. The fourth-order valence-corrected chi connectivity index (χ4v) is 4.03. The summed E-state index contributed by atoms with van der Waals surface area (Å²) in [5.41, 5.74) is 4.18. The summed E-state index contributed by atoms with van der Waals surface area (Å²) >= 11 is 1.51. The molecular weight excluding hydrogens is 256 g/mol. The third-order valence-electron chi connectivity index (χ3n) is 4.64. The van der Waals surface area contributed by atoms with Crippen molar-refractivity contribution in [3.8, 4) is 0 Å². The lowest BCUT2D eigenvalue weighted by Crippen LogP contribution is -2.37. The number of hydrogen-bond donors (Lipinski definition) is 2. The molecule has 2 rings (SSSR count). The highest BCUT2D eigenvalue weighted by Gasteiger charge is 2.32. The zero-order valence-electron chi connectivity index (χ0n) is 12.2. The molecule has 4 nitrogen and oxygen atoms in total. The summed E-state index contributed by atoms with van der Waals surface area (Å²) in [6.07, 6.45) is 5.92. The minimum atomic E-state index is 0.233. The zero-order valence-corrected chi connectivity index (χ0v) is 13.0. The van der Waals surface area contributed by atoms with Crippen LogP contribution in [0.25, 0.3) is 0 Å². The molecule has 4 atom stereocenters. The molecule has 0 aliphatic heterocycles. The molecule has 1 aliphatic carbocycles. The van der Waals surface area contributed by atoms with Gasteiger partial charge < -0.3 is 0 Å². The van der Waals surface area contributed by atoms with E-state index in [9.17, 15) is 0 Å². The fraction of sp³-hybridized carbons (Fsp3) is 0.857. The molecule has 1 aromatic rings. The van der Waals surface area contributed by atoms with Crippen molar-refractivity contribution in [3.05, 3.63) is 10.6 Å². The number of aromatic nitrogens is 2. The molecule has 108 valence electrons. The summed E-state index contributed by atoms with van der Waals surface area (Å²) < 4.78 is 4.13. The Morgan fingerprint density at radius 2 is 2.16 bits per heavy atom. The molecule has 0 aromatic carbocycles. The second-order valence-electron chi connectivity index (χ2n) is 6.01. The van der Waals surface area contributed by atoms with Crippen LogP contribution in [0.4, 0.5) is 0 Å². The number of nitrogens with one attached hydrogen (secondary N) is 1. The van der Waals surface area contributed by atoms with E-state index >= 15 is 0 Å². The van der Waals surface area contributed by atoms with Crippen LogP contribution in [-0.2, 0) is 6.42 Å². The topological polar surface area (TPSA) is 63.8 Å². The van der Waals surface area contributed by atoms with Gasteiger partial charge in [0, 0.05) is 0 Å². The van der Waals surface area contributed by atoms with Crippen LogP contribution in [0.2, 0.25) is 0 Å². The monoisotopic (exact) mass is 282 g/mol. The molecule has 1 heterocycles. The smallest absolute Gasteiger partial charge is 0.0804 e. The van der Waals surface area contributed by atoms with E-state index in [1.54, 1.807) is 0 Å². The first-order chi connectivity index (χ1) is 9.17. The van der Waals surface area contributed by atoms with Gasteiger partial charge in [-0.2, -0.15) is 0 Å². The summed E-state index contributed by atoms with van der Waals surface area (Å²) in [5, 5.41) is 4.28. The minimum Gasteiger partial charge on any atom is -0.271 e. The number of aryl methyl sites for hydroxylation is 1. The third-order valence-corrected chi connectivity index (χ3v) is 5.49. The number of rotatable bonds is 5. The van der Waals surface area contributed by atoms with Gasteiger partial charge in [-0.15, -0.1) is 5.10 Å².